The number of aromatic nitrogens is 5. The lowest BCUT2D eigenvalue weighted by molar-refractivity contribution is -0.141. The number of ketones is 2. The lowest BCUT2D eigenvalue weighted by Crippen LogP contribution is -2.45. The van der Waals surface area contributed by atoms with E-state index in [4.69, 9.17) is 4.74 Å². The SMILES string of the molecule is CC(=O)c1nn2c3c(cc(-c4cnc(C)nc4)cc13)COCC=CC(F)(F)C(=O)NC[C@@]13C[C@@H](C(=O)Cc4nc(C(F)(F)F)ccc4C)N(C(=O)C2)[C@@H]1C3. The molecule has 1 saturated carbocycles. The molecule has 2 bridgehead atoms. The van der Waals surface area contributed by atoms with Gasteiger partial charge in [0, 0.05) is 53.8 Å². The van der Waals surface area contributed by atoms with Crippen LogP contribution in [0, 0.1) is 19.3 Å². The molecular weight excluding hydrogens is 717 g/mol. The van der Waals surface area contributed by atoms with Crippen LogP contribution < -0.4 is 5.32 Å². The number of rotatable bonds is 5. The molecule has 5 heterocycles. The van der Waals surface area contributed by atoms with Crippen LogP contribution in [0.5, 0.6) is 0 Å². The number of amides is 2. The lowest BCUT2D eigenvalue weighted by atomic mass is 9.94. The van der Waals surface area contributed by atoms with Crippen molar-refractivity contribution in [1.29, 1.82) is 0 Å². The van der Waals surface area contributed by atoms with Crippen LogP contribution in [0.25, 0.3) is 22.0 Å². The van der Waals surface area contributed by atoms with Crippen LogP contribution in [0.15, 0.2) is 48.8 Å². The summed E-state index contributed by atoms with van der Waals surface area (Å²) in [5.41, 5.74) is 0.137. The number of hydrogen-bond acceptors (Lipinski definition) is 9. The van der Waals surface area contributed by atoms with Crippen LogP contribution in [0.3, 0.4) is 0 Å². The van der Waals surface area contributed by atoms with E-state index in [0.29, 0.717) is 45.1 Å². The predicted octanol–water partition coefficient (Wildman–Crippen LogP) is 4.74. The molecule has 17 heteroatoms. The van der Waals surface area contributed by atoms with Gasteiger partial charge in [-0.25, -0.2) is 15.0 Å². The van der Waals surface area contributed by atoms with Gasteiger partial charge in [0.1, 0.15) is 23.8 Å². The highest BCUT2D eigenvalue weighted by molar-refractivity contribution is 6.07. The summed E-state index contributed by atoms with van der Waals surface area (Å²) in [6.07, 6.45) is -0.405. The Morgan fingerprint density at radius 3 is 2.50 bits per heavy atom. The average molecular weight is 752 g/mol. The minimum Gasteiger partial charge on any atom is -0.373 e. The zero-order chi connectivity index (χ0) is 38.7. The van der Waals surface area contributed by atoms with E-state index < -0.39 is 71.6 Å². The topological polar surface area (TPSA) is 149 Å². The Morgan fingerprint density at radius 2 is 1.80 bits per heavy atom. The maximum absolute atomic E-state index is 14.9. The highest BCUT2D eigenvalue weighted by Gasteiger charge is 2.67. The van der Waals surface area contributed by atoms with Crippen molar-refractivity contribution in [1.82, 2.24) is 34.9 Å². The Balaban J connectivity index is 1.31. The summed E-state index contributed by atoms with van der Waals surface area (Å²) in [5.74, 6) is -6.57. The van der Waals surface area contributed by atoms with Crippen molar-refractivity contribution in [2.45, 2.75) is 77.4 Å². The molecule has 2 fully saturated rings. The fourth-order valence-electron chi connectivity index (χ4n) is 7.40. The zero-order valence-corrected chi connectivity index (χ0v) is 29.3. The molecule has 2 amide bonds. The predicted molar refractivity (Wildman–Crippen MR) is 181 cm³/mol. The van der Waals surface area contributed by atoms with Gasteiger partial charge in [-0.15, -0.1) is 0 Å². The van der Waals surface area contributed by atoms with Gasteiger partial charge in [-0.1, -0.05) is 12.1 Å². The lowest BCUT2D eigenvalue weighted by Gasteiger charge is -2.27. The van der Waals surface area contributed by atoms with E-state index in [0.717, 1.165) is 12.1 Å². The minimum atomic E-state index is -4.76. The highest BCUT2D eigenvalue weighted by atomic mass is 19.4. The van der Waals surface area contributed by atoms with Crippen molar-refractivity contribution in [3.8, 4) is 11.1 Å². The van der Waals surface area contributed by atoms with Crippen molar-refractivity contribution >= 4 is 34.3 Å². The number of carbonyl (C=O) groups is 4. The molecule has 4 aromatic rings. The quantitative estimate of drug-likeness (QED) is 0.174. The third kappa shape index (κ3) is 6.87. The third-order valence-electron chi connectivity index (χ3n) is 10.3. The molecule has 1 aromatic carbocycles. The van der Waals surface area contributed by atoms with Crippen LogP contribution in [0.1, 0.15) is 58.6 Å². The van der Waals surface area contributed by atoms with Crippen LogP contribution in [0.4, 0.5) is 22.0 Å². The Labute approximate surface area is 304 Å². The van der Waals surface area contributed by atoms with Crippen LogP contribution in [-0.4, -0.2) is 84.2 Å². The number of piperidine rings is 1. The summed E-state index contributed by atoms with van der Waals surface area (Å²) in [7, 11) is 0. The summed E-state index contributed by atoms with van der Waals surface area (Å²) >= 11 is 0. The number of carbonyl (C=O) groups excluding carboxylic acids is 4. The zero-order valence-electron chi connectivity index (χ0n) is 29.3. The van der Waals surface area contributed by atoms with Gasteiger partial charge in [-0.2, -0.15) is 27.1 Å². The fraction of sp³-hybridized carbons (Fsp3) is 0.405. The summed E-state index contributed by atoms with van der Waals surface area (Å²) in [6.45, 7) is 3.33. The van der Waals surface area contributed by atoms with Gasteiger partial charge in [0.2, 0.25) is 5.91 Å². The number of hydrogen-bond donors (Lipinski definition) is 1. The molecule has 1 N–H and O–H groups in total. The van der Waals surface area contributed by atoms with E-state index in [9.17, 15) is 41.1 Å². The van der Waals surface area contributed by atoms with Gasteiger partial charge in [-0.3, -0.25) is 23.9 Å². The molecule has 54 heavy (non-hydrogen) atoms. The number of Topliss-reactive ketones (excluding diaryl/α,β-unsaturated/α-hetero) is 2. The van der Waals surface area contributed by atoms with Crippen molar-refractivity contribution < 1.29 is 45.9 Å². The van der Waals surface area contributed by atoms with E-state index in [1.54, 1.807) is 31.5 Å². The van der Waals surface area contributed by atoms with Crippen molar-refractivity contribution in [2.75, 3.05) is 13.2 Å². The van der Waals surface area contributed by atoms with E-state index >= 15 is 0 Å². The summed E-state index contributed by atoms with van der Waals surface area (Å²) in [4.78, 5) is 67.5. The second kappa shape index (κ2) is 13.4. The summed E-state index contributed by atoms with van der Waals surface area (Å²) in [6, 6.07) is 3.62. The van der Waals surface area contributed by atoms with Gasteiger partial charge < -0.3 is 15.0 Å². The Kier molecular flexibility index (Phi) is 9.18. The molecule has 7 rings (SSSR count). The maximum Gasteiger partial charge on any atom is 0.433 e. The highest BCUT2D eigenvalue weighted by Crippen LogP contribution is 2.59. The number of halogens is 5. The molecule has 0 unspecified atom stereocenters. The number of aryl methyl sites for hydroxylation is 2. The number of alkyl halides is 5. The van der Waals surface area contributed by atoms with Crippen LogP contribution >= 0.6 is 0 Å². The monoisotopic (exact) mass is 751 g/mol. The standard InChI is InChI=1S/C37H34F5N7O5/c1-19-5-6-29(37(40,41)42)46-26(19)11-28(51)27-12-35-13-30(35)49(27)31(52)16-48-33-23(17-54-8-4-7-36(38,39)34(53)45-18-35)9-22(24-14-43-21(3)44-15-24)10-25(33)32(47-48)20(2)50/h4-7,9-10,14-15,27,30H,8,11-13,16-18H2,1-3H3,(H,45,53)/t27-,30+,35-/m0/s1. The first-order valence-corrected chi connectivity index (χ1v) is 17.1. The van der Waals surface area contributed by atoms with E-state index in [-0.39, 0.29) is 44.0 Å². The molecule has 0 spiro atoms. The summed E-state index contributed by atoms with van der Waals surface area (Å²) in [5, 5.41) is 7.18. The fourth-order valence-corrected chi connectivity index (χ4v) is 7.40. The minimum absolute atomic E-state index is 0.0262. The van der Waals surface area contributed by atoms with Gasteiger partial charge in [-0.05, 0) is 62.1 Å². The van der Waals surface area contributed by atoms with Gasteiger partial charge >= 0.3 is 12.1 Å². The van der Waals surface area contributed by atoms with E-state index in [2.05, 4.69) is 25.4 Å². The molecule has 3 atom stereocenters. The largest absolute Gasteiger partial charge is 0.433 e. The summed E-state index contributed by atoms with van der Waals surface area (Å²) < 4.78 is 77.5. The first-order valence-electron chi connectivity index (χ1n) is 17.1. The molecule has 12 nitrogen and oxygen atoms in total. The number of nitrogens with zero attached hydrogens (tertiary/aromatic N) is 6. The molecule has 3 aromatic heterocycles. The molecule has 2 aliphatic heterocycles. The van der Waals surface area contributed by atoms with Gasteiger partial charge in [0.05, 0.1) is 36.9 Å². The Morgan fingerprint density at radius 1 is 1.06 bits per heavy atom. The van der Waals surface area contributed by atoms with E-state index in [1.165, 1.54) is 29.5 Å². The molecule has 0 radical (unpaired) electrons. The first-order chi connectivity index (χ1) is 25.5. The smallest absolute Gasteiger partial charge is 0.373 e. The third-order valence-corrected chi connectivity index (χ3v) is 10.3. The number of pyridine rings is 1. The van der Waals surface area contributed by atoms with Crippen molar-refractivity contribution in [3.05, 3.63) is 82.8 Å². The second-order valence-electron chi connectivity index (χ2n) is 14.0. The van der Waals surface area contributed by atoms with E-state index in [1.807, 2.05) is 0 Å². The first kappa shape index (κ1) is 36.9. The Bertz CT molecular complexity index is 2240. The van der Waals surface area contributed by atoms with Crippen LogP contribution in [0.2, 0.25) is 0 Å². The normalized spacial score (nSPS) is 22.9. The number of ether oxygens (including phenoxy) is 1. The van der Waals surface area contributed by atoms with Crippen LogP contribution in [-0.2, 0) is 44.9 Å². The number of nitrogens with one attached hydrogen (secondary N) is 1. The molecule has 1 aliphatic carbocycles. The number of benzene rings is 1. The van der Waals surface area contributed by atoms with Gasteiger partial charge in [0.25, 0.3) is 5.91 Å². The average Bonchev–Trinajstić information content (AvgIpc) is 3.52. The van der Waals surface area contributed by atoms with Crippen molar-refractivity contribution in [2.24, 2.45) is 5.41 Å². The Hall–Kier alpha value is -5.45. The molecular formula is C37H34F5N7O5. The van der Waals surface area contributed by atoms with Crippen molar-refractivity contribution in [3.63, 3.8) is 0 Å². The van der Waals surface area contributed by atoms with Gasteiger partial charge in [0.15, 0.2) is 11.6 Å². The molecule has 3 aliphatic rings. The maximum atomic E-state index is 14.9. The molecule has 1 saturated heterocycles. The molecule has 282 valence electrons. The second-order valence-corrected chi connectivity index (χ2v) is 14.0.